The Labute approximate surface area is 168 Å². The smallest absolute Gasteiger partial charge is 0.237 e. The van der Waals surface area contributed by atoms with Crippen molar-refractivity contribution in [1.29, 1.82) is 0 Å². The first kappa shape index (κ1) is 19.6. The van der Waals surface area contributed by atoms with Gasteiger partial charge in [0.05, 0.1) is 5.25 Å². The number of hydrogen-bond acceptors (Lipinski definition) is 5. The summed E-state index contributed by atoms with van der Waals surface area (Å²) in [5.74, 6) is 1.28. The first-order valence-corrected chi connectivity index (χ1v) is 10.8. The molecule has 5 nitrogen and oxygen atoms in total. The summed E-state index contributed by atoms with van der Waals surface area (Å²) in [7, 11) is 0. The van der Waals surface area contributed by atoms with Gasteiger partial charge in [0.25, 0.3) is 0 Å². The third kappa shape index (κ3) is 4.59. The van der Waals surface area contributed by atoms with Gasteiger partial charge in [-0.2, -0.15) is 11.3 Å². The van der Waals surface area contributed by atoms with E-state index in [0.717, 1.165) is 28.8 Å². The van der Waals surface area contributed by atoms with Gasteiger partial charge in [-0.25, -0.2) is 0 Å². The van der Waals surface area contributed by atoms with Gasteiger partial charge in [0.15, 0.2) is 11.0 Å². The van der Waals surface area contributed by atoms with Gasteiger partial charge in [-0.1, -0.05) is 37.7 Å². The number of hydrogen-bond donors (Lipinski definition) is 1. The molecular formula is C20H24N4OS2. The van der Waals surface area contributed by atoms with Gasteiger partial charge in [-0.15, -0.1) is 10.2 Å². The second kappa shape index (κ2) is 8.71. The molecule has 0 radical (unpaired) electrons. The summed E-state index contributed by atoms with van der Waals surface area (Å²) in [5.41, 5.74) is 3.13. The number of thiophene rings is 1. The Hall–Kier alpha value is -2.12. The lowest BCUT2D eigenvalue weighted by molar-refractivity contribution is -0.115. The van der Waals surface area contributed by atoms with Crippen LogP contribution in [0.25, 0.3) is 11.4 Å². The monoisotopic (exact) mass is 400 g/mol. The number of carbonyl (C=O) groups is 1. The molecule has 3 aromatic rings. The lowest BCUT2D eigenvalue weighted by atomic mass is 10.0. The summed E-state index contributed by atoms with van der Waals surface area (Å²) >= 11 is 3.06. The number of amides is 1. The molecule has 2 heterocycles. The number of carbonyl (C=O) groups excluding carboxylic acids is 1. The van der Waals surface area contributed by atoms with Gasteiger partial charge < -0.3 is 9.88 Å². The number of anilines is 1. The Bertz CT molecular complexity index is 885. The van der Waals surface area contributed by atoms with E-state index in [2.05, 4.69) is 53.8 Å². The standard InChI is InChI=1S/C20H24N4OS2/c1-5-24-18(16-10-11-26-12-16)22-23-20(24)27-14(4)19(25)21-17-8-6-15(7-9-17)13(2)3/h6-14H,5H2,1-4H3,(H,21,25). The highest BCUT2D eigenvalue weighted by atomic mass is 32.2. The molecule has 1 unspecified atom stereocenters. The molecule has 7 heteroatoms. The zero-order valence-electron chi connectivity index (χ0n) is 16.0. The van der Waals surface area contributed by atoms with Crippen molar-refractivity contribution >= 4 is 34.7 Å². The Morgan fingerprint density at radius 2 is 1.93 bits per heavy atom. The molecule has 3 rings (SSSR count). The van der Waals surface area contributed by atoms with Gasteiger partial charge >= 0.3 is 0 Å². The minimum Gasteiger partial charge on any atom is -0.325 e. The maximum atomic E-state index is 12.6. The van der Waals surface area contributed by atoms with E-state index >= 15 is 0 Å². The number of rotatable bonds is 7. The SMILES string of the molecule is CCn1c(SC(C)C(=O)Nc2ccc(C(C)C)cc2)nnc1-c1ccsc1. The van der Waals surface area contributed by atoms with Crippen LogP contribution >= 0.6 is 23.1 Å². The molecule has 2 aromatic heterocycles. The second-order valence-corrected chi connectivity index (χ2v) is 8.68. The van der Waals surface area contributed by atoms with Crippen molar-refractivity contribution in [2.24, 2.45) is 0 Å². The third-order valence-electron chi connectivity index (χ3n) is 4.31. The summed E-state index contributed by atoms with van der Waals surface area (Å²) < 4.78 is 2.05. The molecule has 1 aromatic carbocycles. The van der Waals surface area contributed by atoms with Crippen LogP contribution in [0.15, 0.2) is 46.2 Å². The fourth-order valence-electron chi connectivity index (χ4n) is 2.67. The van der Waals surface area contributed by atoms with Gasteiger partial charge in [0.1, 0.15) is 0 Å². The molecule has 0 saturated carbocycles. The normalized spacial score (nSPS) is 12.3. The van der Waals surface area contributed by atoms with Crippen LogP contribution in [0.5, 0.6) is 0 Å². The van der Waals surface area contributed by atoms with Crippen LogP contribution in [-0.4, -0.2) is 25.9 Å². The third-order valence-corrected chi connectivity index (χ3v) is 6.07. The predicted molar refractivity (Wildman–Crippen MR) is 113 cm³/mol. The van der Waals surface area contributed by atoms with Crippen LogP contribution in [0.1, 0.15) is 39.2 Å². The molecule has 0 saturated heterocycles. The van der Waals surface area contributed by atoms with Crippen molar-refractivity contribution in [1.82, 2.24) is 14.8 Å². The van der Waals surface area contributed by atoms with Crippen molar-refractivity contribution in [3.05, 3.63) is 46.7 Å². The van der Waals surface area contributed by atoms with Crippen molar-refractivity contribution in [3.63, 3.8) is 0 Å². The van der Waals surface area contributed by atoms with Gasteiger partial charge in [0.2, 0.25) is 5.91 Å². The summed E-state index contributed by atoms with van der Waals surface area (Å²) in [6, 6.07) is 10.0. The maximum absolute atomic E-state index is 12.6. The quantitative estimate of drug-likeness (QED) is 0.549. The van der Waals surface area contributed by atoms with Gasteiger partial charge in [-0.05, 0) is 48.9 Å². The van der Waals surface area contributed by atoms with E-state index in [1.54, 1.807) is 11.3 Å². The second-order valence-electron chi connectivity index (χ2n) is 6.59. The molecule has 0 aliphatic heterocycles. The fraction of sp³-hybridized carbons (Fsp3) is 0.350. The van der Waals surface area contributed by atoms with E-state index in [0.29, 0.717) is 5.92 Å². The molecule has 1 atom stereocenters. The van der Waals surface area contributed by atoms with E-state index in [-0.39, 0.29) is 11.2 Å². The number of aromatic nitrogens is 3. The summed E-state index contributed by atoms with van der Waals surface area (Å²) in [5, 5.41) is 16.2. The Balaban J connectivity index is 1.68. The molecule has 1 N–H and O–H groups in total. The molecule has 27 heavy (non-hydrogen) atoms. The van der Waals surface area contributed by atoms with Crippen molar-refractivity contribution in [2.75, 3.05) is 5.32 Å². The Morgan fingerprint density at radius 1 is 1.19 bits per heavy atom. The Kier molecular flexibility index (Phi) is 6.34. The van der Waals surface area contributed by atoms with Crippen LogP contribution in [0.4, 0.5) is 5.69 Å². The summed E-state index contributed by atoms with van der Waals surface area (Å²) in [6.45, 7) is 9.01. The molecule has 0 bridgehead atoms. The Morgan fingerprint density at radius 3 is 2.52 bits per heavy atom. The number of nitrogens with zero attached hydrogens (tertiary/aromatic N) is 3. The van der Waals surface area contributed by atoms with Crippen LogP contribution < -0.4 is 5.32 Å². The maximum Gasteiger partial charge on any atom is 0.237 e. The number of benzene rings is 1. The number of thioether (sulfide) groups is 1. The summed E-state index contributed by atoms with van der Waals surface area (Å²) in [6.07, 6.45) is 0. The highest BCUT2D eigenvalue weighted by Gasteiger charge is 2.20. The van der Waals surface area contributed by atoms with Crippen molar-refractivity contribution < 1.29 is 4.79 Å². The lowest BCUT2D eigenvalue weighted by Crippen LogP contribution is -2.23. The minimum atomic E-state index is -0.278. The largest absolute Gasteiger partial charge is 0.325 e. The number of nitrogens with one attached hydrogen (secondary N) is 1. The van der Waals surface area contributed by atoms with Crippen LogP contribution in [-0.2, 0) is 11.3 Å². The first-order chi connectivity index (χ1) is 13.0. The first-order valence-electron chi connectivity index (χ1n) is 9.02. The fourth-order valence-corrected chi connectivity index (χ4v) is 4.22. The zero-order valence-corrected chi connectivity index (χ0v) is 17.6. The molecule has 0 aliphatic rings. The zero-order chi connectivity index (χ0) is 19.4. The summed E-state index contributed by atoms with van der Waals surface area (Å²) in [4.78, 5) is 12.6. The van der Waals surface area contributed by atoms with Crippen molar-refractivity contribution in [3.8, 4) is 11.4 Å². The van der Waals surface area contributed by atoms with E-state index in [4.69, 9.17) is 0 Å². The van der Waals surface area contributed by atoms with Gasteiger partial charge in [0, 0.05) is 23.2 Å². The molecule has 0 aliphatic carbocycles. The molecular weight excluding hydrogens is 376 g/mol. The van der Waals surface area contributed by atoms with Crippen LogP contribution in [0, 0.1) is 0 Å². The van der Waals surface area contributed by atoms with E-state index in [9.17, 15) is 4.79 Å². The van der Waals surface area contributed by atoms with Crippen molar-refractivity contribution in [2.45, 2.75) is 50.6 Å². The average Bonchev–Trinajstić information content (AvgIpc) is 3.31. The molecule has 0 spiro atoms. The average molecular weight is 401 g/mol. The molecule has 0 fully saturated rings. The van der Waals surface area contributed by atoms with Gasteiger partial charge in [-0.3, -0.25) is 4.79 Å². The van der Waals surface area contributed by atoms with E-state index in [1.807, 2.05) is 35.1 Å². The van der Waals surface area contributed by atoms with Crippen LogP contribution in [0.3, 0.4) is 0 Å². The predicted octanol–water partition coefficient (Wildman–Crippen LogP) is 5.27. The molecule has 1 amide bonds. The lowest BCUT2D eigenvalue weighted by Gasteiger charge is -2.13. The van der Waals surface area contributed by atoms with E-state index < -0.39 is 0 Å². The highest BCUT2D eigenvalue weighted by molar-refractivity contribution is 8.00. The topological polar surface area (TPSA) is 59.8 Å². The van der Waals surface area contributed by atoms with Crippen LogP contribution in [0.2, 0.25) is 0 Å². The highest BCUT2D eigenvalue weighted by Crippen LogP contribution is 2.28. The minimum absolute atomic E-state index is 0.0416. The van der Waals surface area contributed by atoms with E-state index in [1.165, 1.54) is 17.3 Å². The molecule has 142 valence electrons.